The fraction of sp³-hybridized carbons (Fsp3) is 0.842. The van der Waals surface area contributed by atoms with Crippen molar-refractivity contribution in [2.24, 2.45) is 0 Å². The number of hydrogen-bond donors (Lipinski definition) is 0. The van der Waals surface area contributed by atoms with Gasteiger partial charge in [0, 0.05) is 12.8 Å². The Kier molecular flexibility index (Phi) is 47.1. The van der Waals surface area contributed by atoms with Gasteiger partial charge in [0.2, 0.25) is 0 Å². The molecule has 0 N–H and O–H groups in total. The monoisotopic (exact) mass is 932 g/mol. The first-order valence-corrected chi connectivity index (χ1v) is 27.6. The number of carboxylic acid groups (broad SMARTS) is 1. The van der Waals surface area contributed by atoms with Gasteiger partial charge in [0.25, 0.3) is 0 Å². The predicted octanol–water partition coefficient (Wildman–Crippen LogP) is 14.4. The van der Waals surface area contributed by atoms with Gasteiger partial charge >= 0.3 is 11.9 Å². The second-order valence-electron chi connectivity index (χ2n) is 19.9. The van der Waals surface area contributed by atoms with Gasteiger partial charge < -0.3 is 33.3 Å². The van der Waals surface area contributed by atoms with Crippen LogP contribution in [0, 0.1) is 0 Å². The van der Waals surface area contributed by atoms with Crippen LogP contribution in [0.4, 0.5) is 0 Å². The minimum absolute atomic E-state index is 0.147. The number of ether oxygens (including phenoxy) is 4. The van der Waals surface area contributed by atoms with Gasteiger partial charge in [-0.3, -0.25) is 9.59 Å². The van der Waals surface area contributed by atoms with E-state index in [1.165, 1.54) is 161 Å². The molecule has 0 fully saturated rings. The number of aliphatic carboxylic acids is 1. The highest BCUT2D eigenvalue weighted by molar-refractivity contribution is 5.70. The van der Waals surface area contributed by atoms with E-state index in [4.69, 9.17) is 18.9 Å². The zero-order valence-corrected chi connectivity index (χ0v) is 43.8. The van der Waals surface area contributed by atoms with Crippen molar-refractivity contribution >= 4 is 17.9 Å². The van der Waals surface area contributed by atoms with Crippen molar-refractivity contribution in [3.63, 3.8) is 0 Å². The average Bonchev–Trinajstić information content (AvgIpc) is 3.28. The first kappa shape index (κ1) is 63.5. The SMILES string of the molecule is CCCCCCC/C=C\C/C=C\C/C=C\CCCCCCCCCCC(=O)OC(COC(=O)CCCCCCCCCCCCCCCCCCCC)COC(OCC[N+](C)(C)C)C(=O)[O-]. The Bertz CT molecular complexity index is 1180. The van der Waals surface area contributed by atoms with Crippen LogP contribution < -0.4 is 5.11 Å². The van der Waals surface area contributed by atoms with E-state index < -0.39 is 24.3 Å². The van der Waals surface area contributed by atoms with Crippen molar-refractivity contribution < 1.29 is 42.9 Å². The van der Waals surface area contributed by atoms with Crippen LogP contribution in [0.15, 0.2) is 36.5 Å². The van der Waals surface area contributed by atoms with Crippen molar-refractivity contribution in [1.82, 2.24) is 0 Å². The molecular formula is C57H105NO8. The Labute approximate surface area is 407 Å². The maximum atomic E-state index is 12.8. The fourth-order valence-corrected chi connectivity index (χ4v) is 7.84. The fourth-order valence-electron chi connectivity index (χ4n) is 7.84. The Morgan fingerprint density at radius 3 is 1.21 bits per heavy atom. The lowest BCUT2D eigenvalue weighted by Gasteiger charge is -2.26. The van der Waals surface area contributed by atoms with Crippen molar-refractivity contribution in [1.29, 1.82) is 0 Å². The minimum atomic E-state index is -1.62. The molecule has 0 amide bonds. The molecule has 9 nitrogen and oxygen atoms in total. The Morgan fingerprint density at radius 2 is 0.818 bits per heavy atom. The first-order chi connectivity index (χ1) is 32.1. The standard InChI is InChI=1S/C57H105NO8/c1-6-8-10-12-14-16-18-20-22-24-26-27-28-29-30-32-34-36-38-40-42-44-46-48-55(60)66-53(52-65-57(56(61)62)63-50-49-58(3,4)5)51-64-54(59)47-45-43-41-39-37-35-33-31-25-23-21-19-17-15-13-11-9-7-2/h18,20,24,26,28-29,53,57H,6-17,19,21-23,25,27,30-52H2,1-5H3/b20-18-,26-24-,29-28-. The Balaban J connectivity index is 4.29. The molecule has 0 aliphatic heterocycles. The van der Waals surface area contributed by atoms with Crippen molar-refractivity contribution in [2.45, 2.75) is 264 Å². The highest BCUT2D eigenvalue weighted by Gasteiger charge is 2.22. The topological polar surface area (TPSA) is 111 Å². The van der Waals surface area contributed by atoms with Gasteiger partial charge in [-0.1, -0.05) is 224 Å². The number of nitrogens with zero attached hydrogens (tertiary/aromatic N) is 1. The minimum Gasteiger partial charge on any atom is -0.545 e. The Morgan fingerprint density at radius 1 is 0.455 bits per heavy atom. The van der Waals surface area contributed by atoms with E-state index in [0.29, 0.717) is 23.9 Å². The summed E-state index contributed by atoms with van der Waals surface area (Å²) in [5.74, 6) is -2.28. The molecule has 66 heavy (non-hydrogen) atoms. The van der Waals surface area contributed by atoms with Crippen LogP contribution in [-0.4, -0.2) is 82.3 Å². The molecular weight excluding hydrogens is 827 g/mol. The molecule has 0 aromatic carbocycles. The van der Waals surface area contributed by atoms with Gasteiger partial charge in [-0.2, -0.15) is 0 Å². The van der Waals surface area contributed by atoms with Crippen LogP contribution in [0.25, 0.3) is 0 Å². The molecule has 0 aliphatic carbocycles. The second kappa shape index (κ2) is 48.9. The summed E-state index contributed by atoms with van der Waals surface area (Å²) in [6.45, 7) is 4.76. The lowest BCUT2D eigenvalue weighted by atomic mass is 10.0. The molecule has 9 heteroatoms. The molecule has 386 valence electrons. The van der Waals surface area contributed by atoms with Crippen LogP contribution in [0.3, 0.4) is 0 Å². The normalized spacial score (nSPS) is 13.0. The summed E-state index contributed by atoms with van der Waals surface area (Å²) in [5, 5.41) is 11.8. The zero-order valence-electron chi connectivity index (χ0n) is 43.8. The van der Waals surface area contributed by atoms with Crippen molar-refractivity contribution in [2.75, 3.05) is 47.5 Å². The molecule has 2 unspecified atom stereocenters. The number of likely N-dealkylation sites (N-methyl/N-ethyl adjacent to an activating group) is 1. The first-order valence-electron chi connectivity index (χ1n) is 27.6. The summed E-state index contributed by atoms with van der Waals surface area (Å²) in [7, 11) is 5.92. The van der Waals surface area contributed by atoms with Crippen LogP contribution in [0.1, 0.15) is 251 Å². The molecule has 0 spiro atoms. The maximum Gasteiger partial charge on any atom is 0.306 e. The summed E-state index contributed by atoms with van der Waals surface area (Å²) in [5.41, 5.74) is 0. The van der Waals surface area contributed by atoms with Crippen LogP contribution in [0.5, 0.6) is 0 Å². The van der Waals surface area contributed by atoms with Gasteiger partial charge in [-0.15, -0.1) is 0 Å². The largest absolute Gasteiger partial charge is 0.545 e. The molecule has 0 aromatic rings. The molecule has 2 atom stereocenters. The number of rotatable bonds is 51. The number of carbonyl (C=O) groups excluding carboxylic acids is 3. The number of allylic oxidation sites excluding steroid dienone is 6. The van der Waals surface area contributed by atoms with Gasteiger partial charge in [0.05, 0.1) is 40.3 Å². The van der Waals surface area contributed by atoms with Crippen molar-refractivity contribution in [3.05, 3.63) is 36.5 Å². The second-order valence-corrected chi connectivity index (χ2v) is 19.9. The number of esters is 2. The highest BCUT2D eigenvalue weighted by atomic mass is 16.7. The smallest absolute Gasteiger partial charge is 0.306 e. The summed E-state index contributed by atoms with van der Waals surface area (Å²) in [4.78, 5) is 37.2. The molecule has 0 saturated carbocycles. The number of carboxylic acids is 1. The molecule has 0 rings (SSSR count). The van der Waals surface area contributed by atoms with Crippen LogP contribution >= 0.6 is 0 Å². The van der Waals surface area contributed by atoms with E-state index in [9.17, 15) is 19.5 Å². The number of carbonyl (C=O) groups is 3. The third-order valence-corrected chi connectivity index (χ3v) is 12.1. The molecule has 0 bridgehead atoms. The highest BCUT2D eigenvalue weighted by Crippen LogP contribution is 2.16. The number of unbranched alkanes of at least 4 members (excludes halogenated alkanes) is 30. The summed E-state index contributed by atoms with van der Waals surface area (Å²) >= 11 is 0. The average molecular weight is 932 g/mol. The summed E-state index contributed by atoms with van der Waals surface area (Å²) in [6, 6.07) is 0. The van der Waals surface area contributed by atoms with Gasteiger partial charge in [-0.25, -0.2) is 0 Å². The predicted molar refractivity (Wildman–Crippen MR) is 274 cm³/mol. The van der Waals surface area contributed by atoms with Gasteiger partial charge in [0.15, 0.2) is 12.4 Å². The van der Waals surface area contributed by atoms with E-state index in [1.807, 2.05) is 21.1 Å². The quantitative estimate of drug-likeness (QED) is 0.0195. The van der Waals surface area contributed by atoms with Crippen LogP contribution in [0.2, 0.25) is 0 Å². The van der Waals surface area contributed by atoms with Gasteiger partial charge in [-0.05, 0) is 51.4 Å². The summed E-state index contributed by atoms with van der Waals surface area (Å²) in [6.07, 6.45) is 54.6. The lowest BCUT2D eigenvalue weighted by Crippen LogP contribution is -2.44. The third kappa shape index (κ3) is 49.4. The molecule has 0 heterocycles. The van der Waals surface area contributed by atoms with Crippen molar-refractivity contribution in [3.8, 4) is 0 Å². The summed E-state index contributed by atoms with van der Waals surface area (Å²) < 4.78 is 22.7. The Hall–Kier alpha value is -2.49. The van der Waals surface area contributed by atoms with Gasteiger partial charge in [0.1, 0.15) is 13.2 Å². The molecule has 0 aliphatic rings. The van der Waals surface area contributed by atoms with Crippen LogP contribution in [-0.2, 0) is 33.3 Å². The van der Waals surface area contributed by atoms with E-state index in [1.54, 1.807) is 0 Å². The number of hydrogen-bond acceptors (Lipinski definition) is 8. The number of quaternary nitrogens is 1. The molecule has 0 aromatic heterocycles. The van der Waals surface area contributed by atoms with E-state index in [0.717, 1.165) is 57.8 Å². The van der Waals surface area contributed by atoms with E-state index in [-0.39, 0.29) is 32.2 Å². The maximum absolute atomic E-state index is 12.8. The molecule has 0 radical (unpaired) electrons. The lowest BCUT2D eigenvalue weighted by molar-refractivity contribution is -0.870. The van der Waals surface area contributed by atoms with E-state index in [2.05, 4.69) is 50.3 Å². The molecule has 0 saturated heterocycles. The third-order valence-electron chi connectivity index (χ3n) is 12.1. The van der Waals surface area contributed by atoms with E-state index >= 15 is 0 Å². The zero-order chi connectivity index (χ0) is 48.4.